The lowest BCUT2D eigenvalue weighted by Gasteiger charge is -2.21. The van der Waals surface area contributed by atoms with Gasteiger partial charge in [-0.3, -0.25) is 4.79 Å². The van der Waals surface area contributed by atoms with Crippen LogP contribution in [0.2, 0.25) is 0 Å². The summed E-state index contributed by atoms with van der Waals surface area (Å²) < 4.78 is 33.5. The van der Waals surface area contributed by atoms with Crippen LogP contribution in [-0.2, 0) is 14.3 Å². The van der Waals surface area contributed by atoms with Crippen LogP contribution >= 0.6 is 0 Å². The van der Waals surface area contributed by atoms with E-state index in [0.29, 0.717) is 5.71 Å². The van der Waals surface area contributed by atoms with E-state index in [-0.39, 0.29) is 11.5 Å². The van der Waals surface area contributed by atoms with E-state index < -0.39 is 18.4 Å². The van der Waals surface area contributed by atoms with Crippen LogP contribution in [0.5, 0.6) is 0 Å². The number of hydrogen-bond acceptors (Lipinski definition) is 4. The van der Waals surface area contributed by atoms with Crippen molar-refractivity contribution >= 4 is 18.0 Å². The van der Waals surface area contributed by atoms with Gasteiger partial charge < -0.3 is 9.47 Å². The Balaban J connectivity index is 2.34. The molecule has 1 heterocycles. The number of fused-ring (bicyclic) bond motifs is 1. The lowest BCUT2D eigenvalue weighted by molar-refractivity contribution is -0.118. The minimum absolute atomic E-state index is 0.0692. The van der Waals surface area contributed by atoms with Crippen LogP contribution < -0.4 is 0 Å². The number of carbonyl (C=O) groups excluding carboxylic acids is 1. The molecule has 5 nitrogen and oxygen atoms in total. The van der Waals surface area contributed by atoms with Gasteiger partial charge in [0.15, 0.2) is 11.5 Å². The number of nitrogens with zero attached hydrogens (tertiary/aromatic N) is 2. The van der Waals surface area contributed by atoms with Crippen LogP contribution in [-0.4, -0.2) is 31.7 Å². The van der Waals surface area contributed by atoms with Gasteiger partial charge >= 0.3 is 6.61 Å². The Bertz CT molecular complexity index is 466. The van der Waals surface area contributed by atoms with Gasteiger partial charge in [-0.15, -0.1) is 0 Å². The molecule has 17 heavy (non-hydrogen) atoms. The topological polar surface area (TPSA) is 60.2 Å². The van der Waals surface area contributed by atoms with Crippen molar-refractivity contribution in [3.63, 3.8) is 0 Å². The second kappa shape index (κ2) is 4.44. The molecule has 7 heteroatoms. The number of hydrogen-bond donors (Lipinski definition) is 0. The summed E-state index contributed by atoms with van der Waals surface area (Å²) in [6, 6.07) is 0. The van der Waals surface area contributed by atoms with Crippen molar-refractivity contribution in [1.29, 1.82) is 0 Å². The fourth-order valence-electron chi connectivity index (χ4n) is 1.52. The van der Waals surface area contributed by atoms with Crippen LogP contribution in [0, 0.1) is 5.92 Å². The summed E-state index contributed by atoms with van der Waals surface area (Å²) in [5.41, 5.74) is 0.307. The Hall–Kier alpha value is -2.05. The molecule has 0 N–H and O–H groups in total. The Kier molecular flexibility index (Phi) is 2.99. The van der Waals surface area contributed by atoms with E-state index in [1.54, 1.807) is 0 Å². The number of amides is 1. The lowest BCUT2D eigenvalue weighted by Crippen LogP contribution is -2.27. The maximum absolute atomic E-state index is 12.2. The largest absolute Gasteiger partial charge is 0.493 e. The summed E-state index contributed by atoms with van der Waals surface area (Å²) in [5, 5.41) is 0. The Morgan fingerprint density at radius 3 is 2.82 bits per heavy atom. The van der Waals surface area contributed by atoms with Crippen LogP contribution in [0.25, 0.3) is 0 Å². The van der Waals surface area contributed by atoms with Gasteiger partial charge in [0, 0.05) is 6.08 Å². The molecular weight excluding hydrogens is 234 g/mol. The molecule has 0 spiro atoms. The first-order valence-corrected chi connectivity index (χ1v) is 4.68. The smallest absolute Gasteiger partial charge is 0.387 e. The van der Waals surface area contributed by atoms with Gasteiger partial charge in [-0.2, -0.15) is 8.78 Å². The minimum atomic E-state index is -2.97. The van der Waals surface area contributed by atoms with E-state index in [4.69, 9.17) is 4.74 Å². The molecule has 1 atom stereocenters. The van der Waals surface area contributed by atoms with Crippen molar-refractivity contribution in [3.05, 3.63) is 23.7 Å². The number of alkyl halides is 2. The van der Waals surface area contributed by atoms with Gasteiger partial charge in [-0.25, -0.2) is 9.98 Å². The zero-order chi connectivity index (χ0) is 12.4. The third kappa shape index (κ3) is 2.22. The normalized spacial score (nSPS) is 22.7. The van der Waals surface area contributed by atoms with Gasteiger partial charge in [0.05, 0.1) is 12.8 Å². The molecule has 0 saturated carbocycles. The number of ether oxygens (including phenoxy) is 2. The molecule has 0 bridgehead atoms. The van der Waals surface area contributed by atoms with E-state index in [0.717, 1.165) is 6.34 Å². The van der Waals surface area contributed by atoms with Crippen molar-refractivity contribution in [2.75, 3.05) is 7.11 Å². The monoisotopic (exact) mass is 242 g/mol. The molecule has 1 aliphatic carbocycles. The quantitative estimate of drug-likeness (QED) is 0.748. The fraction of sp³-hybridized carbons (Fsp3) is 0.300. The highest BCUT2D eigenvalue weighted by molar-refractivity contribution is 6.18. The maximum Gasteiger partial charge on any atom is 0.387 e. The summed E-state index contributed by atoms with van der Waals surface area (Å²) in [4.78, 5) is 18.8. The van der Waals surface area contributed by atoms with Crippen molar-refractivity contribution < 1.29 is 23.0 Å². The predicted octanol–water partition coefficient (Wildman–Crippen LogP) is 1.28. The van der Waals surface area contributed by atoms with E-state index in [2.05, 4.69) is 14.7 Å². The van der Waals surface area contributed by atoms with Crippen molar-refractivity contribution in [2.45, 2.75) is 6.61 Å². The predicted molar refractivity (Wildman–Crippen MR) is 54.7 cm³/mol. The average molecular weight is 242 g/mol. The molecule has 1 amide bonds. The third-order valence-corrected chi connectivity index (χ3v) is 2.25. The number of halogens is 2. The van der Waals surface area contributed by atoms with Crippen molar-refractivity contribution in [1.82, 2.24) is 0 Å². The van der Waals surface area contributed by atoms with Crippen molar-refractivity contribution in [3.8, 4) is 0 Å². The number of rotatable bonds is 3. The highest BCUT2D eigenvalue weighted by Gasteiger charge is 2.30. The van der Waals surface area contributed by atoms with Crippen LogP contribution in [0.1, 0.15) is 0 Å². The third-order valence-electron chi connectivity index (χ3n) is 2.25. The molecular formula is C10H8F2N2O3. The molecule has 1 unspecified atom stereocenters. The second-order valence-corrected chi connectivity index (χ2v) is 3.24. The SMILES string of the molecule is COC1=CC2C(=O)N=CN=C2C=C1OC(F)F. The fourth-order valence-corrected chi connectivity index (χ4v) is 1.52. The van der Waals surface area contributed by atoms with E-state index in [1.807, 2.05) is 0 Å². The zero-order valence-electron chi connectivity index (χ0n) is 8.76. The standard InChI is InChI=1S/C10H8F2N2O3/c1-16-7-2-5-6(13-4-14-9(5)15)3-8(7)17-10(11)12/h2-5,10H,1H3. The molecule has 0 aromatic heterocycles. The first kappa shape index (κ1) is 11.4. The summed E-state index contributed by atoms with van der Waals surface area (Å²) in [6.07, 6.45) is 3.68. The first-order valence-electron chi connectivity index (χ1n) is 4.68. The number of methoxy groups -OCH3 is 1. The maximum atomic E-state index is 12.2. The summed E-state index contributed by atoms with van der Waals surface area (Å²) in [6.45, 7) is -2.97. The Labute approximate surface area is 95.1 Å². The molecule has 0 fully saturated rings. The second-order valence-electron chi connectivity index (χ2n) is 3.24. The average Bonchev–Trinajstić information content (AvgIpc) is 2.28. The molecule has 2 aliphatic rings. The van der Waals surface area contributed by atoms with Gasteiger partial charge in [0.25, 0.3) is 5.91 Å². The first-order chi connectivity index (χ1) is 8.11. The van der Waals surface area contributed by atoms with Gasteiger partial charge in [0.2, 0.25) is 0 Å². The van der Waals surface area contributed by atoms with Crippen molar-refractivity contribution in [2.24, 2.45) is 15.9 Å². The molecule has 0 radical (unpaired) electrons. The Morgan fingerprint density at radius 1 is 1.41 bits per heavy atom. The van der Waals surface area contributed by atoms with E-state index >= 15 is 0 Å². The van der Waals surface area contributed by atoms with Gasteiger partial charge in [0.1, 0.15) is 12.3 Å². The summed E-state index contributed by atoms with van der Waals surface area (Å²) in [7, 11) is 1.30. The molecule has 1 aliphatic heterocycles. The molecule has 0 aromatic rings. The lowest BCUT2D eigenvalue weighted by atomic mass is 9.95. The zero-order valence-corrected chi connectivity index (χ0v) is 8.76. The summed E-state index contributed by atoms with van der Waals surface area (Å²) in [5.74, 6) is -1.20. The Morgan fingerprint density at radius 2 is 2.18 bits per heavy atom. The van der Waals surface area contributed by atoms with E-state index in [9.17, 15) is 13.6 Å². The molecule has 0 aromatic carbocycles. The van der Waals surface area contributed by atoms with E-state index in [1.165, 1.54) is 19.3 Å². The summed E-state index contributed by atoms with van der Waals surface area (Å²) >= 11 is 0. The molecule has 90 valence electrons. The molecule has 0 saturated heterocycles. The number of allylic oxidation sites excluding steroid dienone is 1. The number of aliphatic imine (C=N–C) groups is 2. The highest BCUT2D eigenvalue weighted by Crippen LogP contribution is 2.26. The highest BCUT2D eigenvalue weighted by atomic mass is 19.3. The van der Waals surface area contributed by atoms with Gasteiger partial charge in [-0.05, 0) is 6.08 Å². The molecule has 2 rings (SSSR count). The van der Waals surface area contributed by atoms with Gasteiger partial charge in [-0.1, -0.05) is 0 Å². The van der Waals surface area contributed by atoms with Crippen LogP contribution in [0.3, 0.4) is 0 Å². The van der Waals surface area contributed by atoms with Crippen LogP contribution in [0.4, 0.5) is 8.78 Å². The number of carbonyl (C=O) groups is 1. The minimum Gasteiger partial charge on any atom is -0.493 e. The van der Waals surface area contributed by atoms with Crippen LogP contribution in [0.15, 0.2) is 33.7 Å².